The maximum absolute atomic E-state index is 2.50. The van der Waals surface area contributed by atoms with Gasteiger partial charge in [-0.15, -0.1) is 0 Å². The molecular formula is C37H30. The monoisotopic (exact) mass is 474 g/mol. The van der Waals surface area contributed by atoms with Crippen molar-refractivity contribution in [1.82, 2.24) is 0 Å². The molecule has 0 aromatic heterocycles. The predicted molar refractivity (Wildman–Crippen MR) is 157 cm³/mol. The molecule has 0 heteroatoms. The van der Waals surface area contributed by atoms with Crippen LogP contribution in [0.15, 0.2) is 72.8 Å². The van der Waals surface area contributed by atoms with Gasteiger partial charge in [-0.2, -0.15) is 0 Å². The molecule has 0 saturated carbocycles. The first-order valence-electron chi connectivity index (χ1n) is 13.7. The van der Waals surface area contributed by atoms with Crippen molar-refractivity contribution >= 4 is 32.3 Å². The molecule has 3 aliphatic carbocycles. The lowest BCUT2D eigenvalue weighted by atomic mass is 9.64. The van der Waals surface area contributed by atoms with Crippen LogP contribution in [0.3, 0.4) is 0 Å². The summed E-state index contributed by atoms with van der Waals surface area (Å²) in [6.45, 7) is 14.6. The average molecular weight is 475 g/mol. The van der Waals surface area contributed by atoms with E-state index in [1.54, 1.807) is 0 Å². The van der Waals surface area contributed by atoms with E-state index in [2.05, 4.69) is 114 Å². The molecule has 0 spiro atoms. The molecule has 6 aromatic carbocycles. The van der Waals surface area contributed by atoms with Crippen molar-refractivity contribution in [3.8, 4) is 22.3 Å². The SMILES string of the molecule is CC1(C)c2cccc3c2-c2c1c1ccc4c5c(cc6ccc(c2c6c15)C3(C)C)-c1ccccc1C4(C)C. The average Bonchev–Trinajstić information content (AvgIpc) is 3.13. The number of benzene rings is 6. The van der Waals surface area contributed by atoms with Gasteiger partial charge < -0.3 is 0 Å². The van der Waals surface area contributed by atoms with Crippen LogP contribution < -0.4 is 0 Å². The maximum Gasteiger partial charge on any atom is 0.0165 e. The molecule has 0 saturated heterocycles. The van der Waals surface area contributed by atoms with E-state index in [0.29, 0.717) is 0 Å². The Bertz CT molecular complexity index is 2040. The van der Waals surface area contributed by atoms with Crippen molar-refractivity contribution in [2.45, 2.75) is 57.8 Å². The van der Waals surface area contributed by atoms with Crippen molar-refractivity contribution in [3.63, 3.8) is 0 Å². The van der Waals surface area contributed by atoms with E-state index >= 15 is 0 Å². The van der Waals surface area contributed by atoms with E-state index in [-0.39, 0.29) is 16.2 Å². The molecular weight excluding hydrogens is 444 g/mol. The Morgan fingerprint density at radius 3 is 1.89 bits per heavy atom. The number of rotatable bonds is 0. The van der Waals surface area contributed by atoms with Crippen LogP contribution in [-0.2, 0) is 16.2 Å². The maximum atomic E-state index is 2.50. The van der Waals surface area contributed by atoms with Crippen LogP contribution in [0.5, 0.6) is 0 Å². The van der Waals surface area contributed by atoms with Gasteiger partial charge in [0.2, 0.25) is 0 Å². The Morgan fingerprint density at radius 2 is 1.08 bits per heavy atom. The van der Waals surface area contributed by atoms with E-state index in [9.17, 15) is 0 Å². The molecule has 0 bridgehead atoms. The van der Waals surface area contributed by atoms with Crippen LogP contribution >= 0.6 is 0 Å². The molecule has 6 aromatic rings. The van der Waals surface area contributed by atoms with Crippen molar-refractivity contribution in [2.24, 2.45) is 0 Å². The zero-order valence-electron chi connectivity index (χ0n) is 22.4. The first kappa shape index (κ1) is 20.4. The van der Waals surface area contributed by atoms with Gasteiger partial charge in [-0.05, 0) is 94.0 Å². The van der Waals surface area contributed by atoms with Crippen molar-refractivity contribution in [3.05, 3.63) is 106 Å². The minimum Gasteiger partial charge on any atom is -0.0619 e. The van der Waals surface area contributed by atoms with Gasteiger partial charge >= 0.3 is 0 Å². The summed E-state index contributed by atoms with van der Waals surface area (Å²) in [6.07, 6.45) is 0. The van der Waals surface area contributed by atoms with Crippen molar-refractivity contribution in [1.29, 1.82) is 0 Å². The molecule has 0 N–H and O–H groups in total. The van der Waals surface area contributed by atoms with Crippen LogP contribution in [-0.4, -0.2) is 0 Å². The van der Waals surface area contributed by atoms with Crippen molar-refractivity contribution < 1.29 is 0 Å². The van der Waals surface area contributed by atoms with E-state index in [1.165, 1.54) is 88.0 Å². The summed E-state index contributed by atoms with van der Waals surface area (Å²) in [6, 6.07) is 28.4. The van der Waals surface area contributed by atoms with E-state index in [1.807, 2.05) is 0 Å². The van der Waals surface area contributed by atoms with E-state index < -0.39 is 0 Å². The van der Waals surface area contributed by atoms with Gasteiger partial charge in [0.05, 0.1) is 0 Å². The predicted octanol–water partition coefficient (Wildman–Crippen LogP) is 9.84. The minimum absolute atomic E-state index is 0.0348. The van der Waals surface area contributed by atoms with E-state index in [0.717, 1.165) is 0 Å². The summed E-state index contributed by atoms with van der Waals surface area (Å²) in [5.74, 6) is 0. The molecule has 178 valence electrons. The summed E-state index contributed by atoms with van der Waals surface area (Å²) >= 11 is 0. The molecule has 0 radical (unpaired) electrons. The fourth-order valence-electron chi connectivity index (χ4n) is 8.81. The third-order valence-electron chi connectivity index (χ3n) is 10.6. The summed E-state index contributed by atoms with van der Waals surface area (Å²) in [7, 11) is 0. The second-order valence-corrected chi connectivity index (χ2v) is 13.3. The summed E-state index contributed by atoms with van der Waals surface area (Å²) in [5.41, 5.74) is 14.6. The molecule has 0 unspecified atom stereocenters. The molecule has 0 heterocycles. The lowest BCUT2D eigenvalue weighted by Crippen LogP contribution is -2.25. The number of hydrogen-bond acceptors (Lipinski definition) is 0. The normalized spacial score (nSPS) is 18.6. The van der Waals surface area contributed by atoms with Gasteiger partial charge in [0.1, 0.15) is 0 Å². The Hall–Kier alpha value is -3.64. The lowest BCUT2D eigenvalue weighted by Gasteiger charge is -2.38. The lowest BCUT2D eigenvalue weighted by molar-refractivity contribution is 0.640. The van der Waals surface area contributed by atoms with Crippen LogP contribution in [0.25, 0.3) is 54.6 Å². The van der Waals surface area contributed by atoms with Gasteiger partial charge in [0.15, 0.2) is 0 Å². The third-order valence-corrected chi connectivity index (χ3v) is 10.6. The summed E-state index contributed by atoms with van der Waals surface area (Å²) in [4.78, 5) is 0. The molecule has 37 heavy (non-hydrogen) atoms. The Balaban J connectivity index is 1.64. The molecule has 0 fully saturated rings. The van der Waals surface area contributed by atoms with Gasteiger partial charge in [0, 0.05) is 16.2 Å². The van der Waals surface area contributed by atoms with Gasteiger partial charge in [-0.25, -0.2) is 0 Å². The van der Waals surface area contributed by atoms with Gasteiger partial charge in [0.25, 0.3) is 0 Å². The summed E-state index contributed by atoms with van der Waals surface area (Å²) < 4.78 is 0. The molecule has 0 nitrogen and oxygen atoms in total. The first-order chi connectivity index (χ1) is 17.6. The van der Waals surface area contributed by atoms with Crippen LogP contribution in [0, 0.1) is 0 Å². The fraction of sp³-hybridized carbons (Fsp3) is 0.243. The second kappa shape index (κ2) is 5.76. The molecule has 0 amide bonds. The molecule has 0 atom stereocenters. The second-order valence-electron chi connectivity index (χ2n) is 13.3. The number of fused-ring (bicyclic) bond motifs is 3. The number of hydrogen-bond donors (Lipinski definition) is 0. The highest BCUT2D eigenvalue weighted by Crippen LogP contribution is 2.63. The Morgan fingerprint density at radius 1 is 0.432 bits per heavy atom. The highest BCUT2D eigenvalue weighted by Gasteiger charge is 2.47. The highest BCUT2D eigenvalue weighted by atomic mass is 14.5. The molecule has 3 aliphatic rings. The smallest absolute Gasteiger partial charge is 0.0165 e. The van der Waals surface area contributed by atoms with Crippen molar-refractivity contribution in [2.75, 3.05) is 0 Å². The van der Waals surface area contributed by atoms with Crippen LogP contribution in [0.2, 0.25) is 0 Å². The minimum atomic E-state index is -0.0418. The standard InChI is InChI=1S/C37H30/c1-35(2)23-11-8-7-10-20(23)22-18-19-14-16-27-32-28(19)30-21(15-17-26(35)29(22)30)34-33(32)31-24(36(27,3)4)12-9-13-25(31)37(34,5)6/h7-18H,1-6H3. The summed E-state index contributed by atoms with van der Waals surface area (Å²) in [5, 5.41) is 8.78. The first-order valence-corrected chi connectivity index (χ1v) is 13.7. The largest absolute Gasteiger partial charge is 0.0619 e. The Kier molecular flexibility index (Phi) is 3.18. The zero-order valence-corrected chi connectivity index (χ0v) is 22.4. The van der Waals surface area contributed by atoms with Gasteiger partial charge in [-0.3, -0.25) is 0 Å². The van der Waals surface area contributed by atoms with Gasteiger partial charge in [-0.1, -0.05) is 108 Å². The van der Waals surface area contributed by atoms with Crippen LogP contribution in [0.1, 0.15) is 74.9 Å². The Labute approximate surface area is 218 Å². The molecule has 0 aliphatic heterocycles. The van der Waals surface area contributed by atoms with Crippen LogP contribution in [0.4, 0.5) is 0 Å². The topological polar surface area (TPSA) is 0 Å². The van der Waals surface area contributed by atoms with E-state index in [4.69, 9.17) is 0 Å². The highest BCUT2D eigenvalue weighted by molar-refractivity contribution is 6.33. The fourth-order valence-corrected chi connectivity index (χ4v) is 8.81. The zero-order chi connectivity index (χ0) is 25.2. The molecule has 9 rings (SSSR count). The quantitative estimate of drug-likeness (QED) is 0.192. The third kappa shape index (κ3) is 1.96.